The molecule has 1 N–H and O–H groups in total. The van der Waals surface area contributed by atoms with Crippen LogP contribution in [0.3, 0.4) is 0 Å². The van der Waals surface area contributed by atoms with Crippen molar-refractivity contribution in [2.75, 3.05) is 0 Å². The van der Waals surface area contributed by atoms with Gasteiger partial charge in [-0.3, -0.25) is 13.8 Å². The minimum atomic E-state index is -1.29. The van der Waals surface area contributed by atoms with Gasteiger partial charge in [-0.25, -0.2) is 4.39 Å². The van der Waals surface area contributed by atoms with Gasteiger partial charge in [0.1, 0.15) is 17.2 Å². The molecule has 5 nitrogen and oxygen atoms in total. The molecule has 3 rings (SSSR count). The Morgan fingerprint density at radius 1 is 1.16 bits per heavy atom. The van der Waals surface area contributed by atoms with Gasteiger partial charge in [-0.2, -0.15) is 0 Å². The largest absolute Gasteiger partial charge is 0.348 e. The zero-order valence-corrected chi connectivity index (χ0v) is 19.4. The second-order valence-electron chi connectivity index (χ2n) is 8.25. The summed E-state index contributed by atoms with van der Waals surface area (Å²) in [5.74, 6) is -0.427. The van der Waals surface area contributed by atoms with E-state index in [-0.39, 0.29) is 30.1 Å². The number of hydrogen-bond donors (Lipinski definition) is 1. The average molecular weight is 459 g/mol. The molecule has 0 bridgehead atoms. The van der Waals surface area contributed by atoms with Crippen LogP contribution in [0.4, 0.5) is 4.39 Å². The van der Waals surface area contributed by atoms with Crippen LogP contribution in [0.15, 0.2) is 54.6 Å². The number of benzene rings is 2. The van der Waals surface area contributed by atoms with Gasteiger partial charge in [-0.1, -0.05) is 68.7 Å². The first-order valence-corrected chi connectivity index (χ1v) is 12.6. The van der Waals surface area contributed by atoms with Crippen LogP contribution in [0.2, 0.25) is 0 Å². The minimum absolute atomic E-state index is 0.164. The van der Waals surface area contributed by atoms with Crippen molar-refractivity contribution in [3.8, 4) is 0 Å². The Kier molecular flexibility index (Phi) is 8.56. The fourth-order valence-corrected chi connectivity index (χ4v) is 5.55. The van der Waals surface area contributed by atoms with Gasteiger partial charge in [0.05, 0.1) is 18.2 Å². The van der Waals surface area contributed by atoms with Gasteiger partial charge < -0.3 is 10.2 Å². The average Bonchev–Trinajstić information content (AvgIpc) is 2.77. The predicted molar refractivity (Wildman–Crippen MR) is 124 cm³/mol. The summed E-state index contributed by atoms with van der Waals surface area (Å²) in [5.41, 5.74) is 1.77. The first-order valence-electron chi connectivity index (χ1n) is 11.2. The van der Waals surface area contributed by atoms with Crippen LogP contribution in [0.1, 0.15) is 63.1 Å². The summed E-state index contributed by atoms with van der Waals surface area (Å²) >= 11 is 0. The monoisotopic (exact) mass is 458 g/mol. The second kappa shape index (κ2) is 11.4. The highest BCUT2D eigenvalue weighted by atomic mass is 32.2. The van der Waals surface area contributed by atoms with Gasteiger partial charge in [-0.05, 0) is 36.6 Å². The number of unbranched alkanes of at least 4 members (excludes halogenated alkanes) is 2. The third-order valence-corrected chi connectivity index (χ3v) is 7.50. The van der Waals surface area contributed by atoms with Gasteiger partial charge in [0.15, 0.2) is 0 Å². The van der Waals surface area contributed by atoms with Crippen molar-refractivity contribution in [1.82, 2.24) is 10.2 Å². The highest BCUT2D eigenvalue weighted by Gasteiger charge is 2.45. The van der Waals surface area contributed by atoms with Crippen LogP contribution in [0.5, 0.6) is 0 Å². The van der Waals surface area contributed by atoms with Crippen LogP contribution in [0.25, 0.3) is 0 Å². The Balaban J connectivity index is 1.66. The molecule has 1 heterocycles. The molecule has 32 heavy (non-hydrogen) atoms. The molecule has 0 spiro atoms. The van der Waals surface area contributed by atoms with Gasteiger partial charge in [0.25, 0.3) is 0 Å². The number of halogens is 1. The number of nitrogens with one attached hydrogen (secondary N) is 1. The number of hydrogen-bond acceptors (Lipinski definition) is 3. The normalized spacial score (nSPS) is 18.5. The maximum atomic E-state index is 13.4. The molecule has 0 aliphatic carbocycles. The third kappa shape index (κ3) is 6.03. The lowest BCUT2D eigenvalue weighted by Gasteiger charge is -2.43. The number of carbonyl (C=O) groups is 2. The Morgan fingerprint density at radius 2 is 1.84 bits per heavy atom. The van der Waals surface area contributed by atoms with Crippen molar-refractivity contribution in [1.29, 1.82) is 0 Å². The first kappa shape index (κ1) is 24.1. The Bertz CT molecular complexity index is 936. The zero-order chi connectivity index (χ0) is 23.1. The number of carbonyl (C=O) groups excluding carboxylic acids is 2. The molecular formula is C25H31FN2O3S. The van der Waals surface area contributed by atoms with Crippen LogP contribution < -0.4 is 5.32 Å². The summed E-state index contributed by atoms with van der Waals surface area (Å²) in [6, 6.07) is 14.6. The van der Waals surface area contributed by atoms with Gasteiger partial charge in [0, 0.05) is 10.8 Å². The molecule has 1 aliphatic rings. The maximum absolute atomic E-state index is 13.4. The molecule has 4 unspecified atom stereocenters. The molecule has 2 aromatic carbocycles. The first-order chi connectivity index (χ1) is 15.4. The van der Waals surface area contributed by atoms with E-state index in [1.54, 1.807) is 19.1 Å². The smallest absolute Gasteiger partial charge is 0.243 e. The van der Waals surface area contributed by atoms with E-state index in [0.29, 0.717) is 5.75 Å². The van der Waals surface area contributed by atoms with Crippen LogP contribution in [-0.4, -0.2) is 32.3 Å². The van der Waals surface area contributed by atoms with E-state index in [4.69, 9.17) is 0 Å². The summed E-state index contributed by atoms with van der Waals surface area (Å²) in [7, 11) is -1.29. The number of rotatable bonds is 11. The Labute approximate surface area is 191 Å². The number of β-lactam (4-membered cyclic amide) rings is 1. The lowest BCUT2D eigenvalue weighted by Crippen LogP contribution is -2.62. The molecule has 0 saturated carbocycles. The maximum Gasteiger partial charge on any atom is 0.243 e. The zero-order valence-electron chi connectivity index (χ0n) is 18.6. The number of amides is 2. The fourth-order valence-electron chi connectivity index (χ4n) is 3.96. The standard InChI is InChI=1S/C25H31FN2O3S/c1-3-4-6-11-22(20-12-14-21(26)15-13-20)27-25(30)18(2)28-23(29)16-24(28)32(31)17-19-9-7-5-8-10-19/h5,7-10,12-15,18,22,24H,3-4,6,11,16-17H2,1-2H3,(H,27,30). The molecule has 2 aromatic rings. The van der Waals surface area contributed by atoms with Crippen molar-refractivity contribution in [2.24, 2.45) is 0 Å². The third-order valence-electron chi connectivity index (χ3n) is 5.88. The van der Waals surface area contributed by atoms with Gasteiger partial charge in [-0.15, -0.1) is 0 Å². The fraction of sp³-hybridized carbons (Fsp3) is 0.440. The molecule has 2 amide bonds. The van der Waals surface area contributed by atoms with Crippen molar-refractivity contribution >= 4 is 22.6 Å². The van der Waals surface area contributed by atoms with E-state index >= 15 is 0 Å². The topological polar surface area (TPSA) is 66.5 Å². The van der Waals surface area contributed by atoms with E-state index in [9.17, 15) is 18.2 Å². The van der Waals surface area contributed by atoms with Crippen LogP contribution in [0, 0.1) is 5.82 Å². The van der Waals surface area contributed by atoms with Crippen LogP contribution >= 0.6 is 0 Å². The van der Waals surface area contributed by atoms with E-state index in [2.05, 4.69) is 12.2 Å². The molecule has 1 fully saturated rings. The SMILES string of the molecule is CCCCCC(NC(=O)C(C)N1C(=O)CC1S(=O)Cc1ccccc1)c1ccc(F)cc1. The summed E-state index contributed by atoms with van der Waals surface area (Å²) < 4.78 is 26.2. The summed E-state index contributed by atoms with van der Waals surface area (Å²) in [6.45, 7) is 3.78. The van der Waals surface area contributed by atoms with Crippen molar-refractivity contribution in [2.45, 2.75) is 69.2 Å². The van der Waals surface area contributed by atoms with Gasteiger partial charge in [0.2, 0.25) is 11.8 Å². The molecule has 0 aromatic heterocycles. The molecule has 1 aliphatic heterocycles. The van der Waals surface area contributed by atoms with E-state index in [1.165, 1.54) is 17.0 Å². The van der Waals surface area contributed by atoms with Gasteiger partial charge >= 0.3 is 0 Å². The minimum Gasteiger partial charge on any atom is -0.348 e. The van der Waals surface area contributed by atoms with Crippen molar-refractivity contribution in [3.05, 3.63) is 71.5 Å². The van der Waals surface area contributed by atoms with Crippen LogP contribution in [-0.2, 0) is 26.1 Å². The summed E-state index contributed by atoms with van der Waals surface area (Å²) in [4.78, 5) is 26.8. The van der Waals surface area contributed by atoms with Crippen molar-refractivity contribution in [3.63, 3.8) is 0 Å². The number of likely N-dealkylation sites (tertiary alicyclic amines) is 1. The summed E-state index contributed by atoms with van der Waals surface area (Å²) in [5, 5.41) is 2.57. The Morgan fingerprint density at radius 3 is 2.47 bits per heavy atom. The molecule has 4 atom stereocenters. The molecule has 0 radical (unpaired) electrons. The molecular weight excluding hydrogens is 427 g/mol. The lowest BCUT2D eigenvalue weighted by molar-refractivity contribution is -0.150. The Hall–Kier alpha value is -2.54. The van der Waals surface area contributed by atoms with E-state index in [1.807, 2.05) is 30.3 Å². The molecule has 172 valence electrons. The van der Waals surface area contributed by atoms with Crippen molar-refractivity contribution < 1.29 is 18.2 Å². The quantitative estimate of drug-likeness (QED) is 0.399. The van der Waals surface area contributed by atoms with E-state index < -0.39 is 22.2 Å². The van der Waals surface area contributed by atoms with E-state index in [0.717, 1.165) is 36.8 Å². The summed E-state index contributed by atoms with van der Waals surface area (Å²) in [6.07, 6.45) is 3.94. The molecule has 1 saturated heterocycles. The highest BCUT2D eigenvalue weighted by Crippen LogP contribution is 2.28. The lowest BCUT2D eigenvalue weighted by atomic mass is 9.99. The highest BCUT2D eigenvalue weighted by molar-refractivity contribution is 7.85. The second-order valence-corrected chi connectivity index (χ2v) is 9.85. The predicted octanol–water partition coefficient (Wildman–Crippen LogP) is 4.46. The number of nitrogens with zero attached hydrogens (tertiary/aromatic N) is 1. The molecule has 7 heteroatoms.